The predicted molar refractivity (Wildman–Crippen MR) is 76.7 cm³/mol. The van der Waals surface area contributed by atoms with Crippen LogP contribution in [0.25, 0.3) is 0 Å². The van der Waals surface area contributed by atoms with Crippen LogP contribution in [0.3, 0.4) is 0 Å². The van der Waals surface area contributed by atoms with Crippen LogP contribution in [-0.4, -0.2) is 24.7 Å². The first-order valence-electron chi connectivity index (χ1n) is 5.89. The second-order valence-corrected chi connectivity index (χ2v) is 5.96. The number of hydrogen-bond donors (Lipinski definition) is 1. The summed E-state index contributed by atoms with van der Waals surface area (Å²) in [4.78, 5) is 0. The zero-order valence-electron chi connectivity index (χ0n) is 10.3. The van der Waals surface area contributed by atoms with E-state index >= 15 is 0 Å². The van der Waals surface area contributed by atoms with E-state index in [1.807, 2.05) is 24.8 Å². The van der Waals surface area contributed by atoms with Crippen LogP contribution < -0.4 is 10.1 Å². The van der Waals surface area contributed by atoms with Gasteiger partial charge in [0.2, 0.25) is 0 Å². The highest BCUT2D eigenvalue weighted by Crippen LogP contribution is 2.32. The molecule has 0 radical (unpaired) electrons. The van der Waals surface area contributed by atoms with Gasteiger partial charge in [-0.05, 0) is 42.9 Å². The zero-order valence-corrected chi connectivity index (χ0v) is 11.8. The molecule has 1 aromatic rings. The molecule has 0 atom stereocenters. The van der Waals surface area contributed by atoms with Gasteiger partial charge in [0.15, 0.2) is 0 Å². The average molecular weight is 272 g/mol. The molecule has 2 rings (SSSR count). The number of thioether (sulfide) groups is 1. The molecule has 0 aromatic heterocycles. The smallest absolute Gasteiger partial charge is 0.143 e. The van der Waals surface area contributed by atoms with Crippen molar-refractivity contribution in [2.75, 3.05) is 23.9 Å². The first kappa shape index (κ1) is 12.9. The van der Waals surface area contributed by atoms with Crippen molar-refractivity contribution in [1.29, 1.82) is 0 Å². The Kier molecular flexibility index (Phi) is 4.46. The Hall–Kier alpha value is -0.540. The van der Waals surface area contributed by atoms with Gasteiger partial charge in [-0.3, -0.25) is 0 Å². The molecule has 1 aliphatic rings. The van der Waals surface area contributed by atoms with E-state index in [0.29, 0.717) is 6.04 Å². The third kappa shape index (κ3) is 3.23. The van der Waals surface area contributed by atoms with Crippen molar-refractivity contribution in [3.63, 3.8) is 0 Å². The summed E-state index contributed by atoms with van der Waals surface area (Å²) < 4.78 is 5.37. The standard InChI is InChI=1S/C13H18ClNOS/c1-9-7-12(13(16-2)8-11(9)14)15-10-3-5-17-6-4-10/h7-8,10,15H,3-6H2,1-2H3. The quantitative estimate of drug-likeness (QED) is 0.899. The maximum absolute atomic E-state index is 6.10. The SMILES string of the molecule is COc1cc(Cl)c(C)cc1NC1CCSCC1. The van der Waals surface area contributed by atoms with Crippen LogP contribution in [0.5, 0.6) is 5.75 Å². The Labute approximate surface area is 112 Å². The van der Waals surface area contributed by atoms with E-state index in [9.17, 15) is 0 Å². The van der Waals surface area contributed by atoms with E-state index < -0.39 is 0 Å². The van der Waals surface area contributed by atoms with Gasteiger partial charge in [0, 0.05) is 17.1 Å². The van der Waals surface area contributed by atoms with Crippen LogP contribution in [0.1, 0.15) is 18.4 Å². The van der Waals surface area contributed by atoms with Crippen LogP contribution in [0.15, 0.2) is 12.1 Å². The fourth-order valence-electron chi connectivity index (χ4n) is 2.01. The second-order valence-electron chi connectivity index (χ2n) is 4.33. The molecule has 1 saturated heterocycles. The number of rotatable bonds is 3. The molecule has 0 aliphatic carbocycles. The van der Waals surface area contributed by atoms with Crippen molar-refractivity contribution < 1.29 is 4.74 Å². The summed E-state index contributed by atoms with van der Waals surface area (Å²) in [6.45, 7) is 2.02. The zero-order chi connectivity index (χ0) is 12.3. The monoisotopic (exact) mass is 271 g/mol. The Morgan fingerprint density at radius 2 is 2.06 bits per heavy atom. The third-order valence-electron chi connectivity index (χ3n) is 3.06. The Bertz CT molecular complexity index is 391. The van der Waals surface area contributed by atoms with E-state index in [0.717, 1.165) is 22.0 Å². The molecule has 4 heteroatoms. The summed E-state index contributed by atoms with van der Waals surface area (Å²) in [6, 6.07) is 4.52. The molecular formula is C13H18ClNOS. The lowest BCUT2D eigenvalue weighted by Crippen LogP contribution is -2.24. The number of anilines is 1. The Morgan fingerprint density at radius 1 is 1.35 bits per heavy atom. The molecule has 1 heterocycles. The summed E-state index contributed by atoms with van der Waals surface area (Å²) in [5, 5.41) is 4.33. The van der Waals surface area contributed by atoms with Gasteiger partial charge in [-0.15, -0.1) is 0 Å². The Balaban J connectivity index is 2.15. The molecule has 0 unspecified atom stereocenters. The van der Waals surface area contributed by atoms with Gasteiger partial charge in [-0.25, -0.2) is 0 Å². The number of methoxy groups -OCH3 is 1. The number of aryl methyl sites for hydroxylation is 1. The molecule has 0 amide bonds. The molecule has 1 aromatic carbocycles. The molecule has 94 valence electrons. The van der Waals surface area contributed by atoms with Crippen molar-refractivity contribution in [1.82, 2.24) is 0 Å². The molecule has 2 nitrogen and oxygen atoms in total. The largest absolute Gasteiger partial charge is 0.495 e. The summed E-state index contributed by atoms with van der Waals surface area (Å²) in [7, 11) is 1.68. The van der Waals surface area contributed by atoms with E-state index in [-0.39, 0.29) is 0 Å². The lowest BCUT2D eigenvalue weighted by Gasteiger charge is -2.25. The summed E-state index contributed by atoms with van der Waals surface area (Å²) in [6.07, 6.45) is 2.44. The topological polar surface area (TPSA) is 21.3 Å². The molecule has 17 heavy (non-hydrogen) atoms. The first-order chi connectivity index (χ1) is 8.20. The van der Waals surface area contributed by atoms with Gasteiger partial charge in [-0.2, -0.15) is 11.8 Å². The lowest BCUT2D eigenvalue weighted by molar-refractivity contribution is 0.415. The second kappa shape index (κ2) is 5.87. The highest BCUT2D eigenvalue weighted by molar-refractivity contribution is 7.99. The maximum Gasteiger partial charge on any atom is 0.143 e. The van der Waals surface area contributed by atoms with Gasteiger partial charge in [0.25, 0.3) is 0 Å². The van der Waals surface area contributed by atoms with Gasteiger partial charge >= 0.3 is 0 Å². The summed E-state index contributed by atoms with van der Waals surface area (Å²) >= 11 is 8.13. The lowest BCUT2D eigenvalue weighted by atomic mass is 10.1. The van der Waals surface area contributed by atoms with Crippen molar-refractivity contribution in [2.24, 2.45) is 0 Å². The molecule has 0 bridgehead atoms. The van der Waals surface area contributed by atoms with E-state index in [1.165, 1.54) is 24.3 Å². The van der Waals surface area contributed by atoms with Crippen molar-refractivity contribution in [2.45, 2.75) is 25.8 Å². The van der Waals surface area contributed by atoms with Gasteiger partial charge in [0.1, 0.15) is 5.75 Å². The normalized spacial score (nSPS) is 16.9. The minimum atomic E-state index is 0.561. The number of hydrogen-bond acceptors (Lipinski definition) is 3. The van der Waals surface area contributed by atoms with E-state index in [1.54, 1.807) is 7.11 Å². The number of nitrogens with one attached hydrogen (secondary N) is 1. The fourth-order valence-corrected chi connectivity index (χ4v) is 3.27. The molecule has 0 saturated carbocycles. The Morgan fingerprint density at radius 3 is 2.71 bits per heavy atom. The summed E-state index contributed by atoms with van der Waals surface area (Å²) in [5.74, 6) is 3.32. The van der Waals surface area contributed by atoms with Crippen LogP contribution in [-0.2, 0) is 0 Å². The highest BCUT2D eigenvalue weighted by Gasteiger charge is 2.15. The van der Waals surface area contributed by atoms with Crippen LogP contribution >= 0.6 is 23.4 Å². The first-order valence-corrected chi connectivity index (χ1v) is 7.42. The predicted octanol–water partition coefficient (Wildman–Crippen LogP) is 3.96. The number of ether oxygens (including phenoxy) is 1. The van der Waals surface area contributed by atoms with Crippen LogP contribution in [0.4, 0.5) is 5.69 Å². The van der Waals surface area contributed by atoms with Crippen molar-refractivity contribution >= 4 is 29.1 Å². The minimum absolute atomic E-state index is 0.561. The average Bonchev–Trinajstić information content (AvgIpc) is 2.35. The van der Waals surface area contributed by atoms with E-state index in [4.69, 9.17) is 16.3 Å². The molecule has 1 N–H and O–H groups in total. The summed E-state index contributed by atoms with van der Waals surface area (Å²) in [5.41, 5.74) is 2.14. The fraction of sp³-hybridized carbons (Fsp3) is 0.538. The number of benzene rings is 1. The van der Waals surface area contributed by atoms with Gasteiger partial charge < -0.3 is 10.1 Å². The van der Waals surface area contributed by atoms with Gasteiger partial charge in [-0.1, -0.05) is 11.6 Å². The molecule has 1 fully saturated rings. The molecule has 1 aliphatic heterocycles. The molecular weight excluding hydrogens is 254 g/mol. The van der Waals surface area contributed by atoms with Gasteiger partial charge in [0.05, 0.1) is 12.8 Å². The van der Waals surface area contributed by atoms with Crippen molar-refractivity contribution in [3.05, 3.63) is 22.7 Å². The number of halogens is 1. The highest BCUT2D eigenvalue weighted by atomic mass is 35.5. The molecule has 0 spiro atoms. The third-order valence-corrected chi connectivity index (χ3v) is 4.52. The maximum atomic E-state index is 6.10. The van der Waals surface area contributed by atoms with E-state index in [2.05, 4.69) is 11.4 Å². The minimum Gasteiger partial charge on any atom is -0.495 e. The van der Waals surface area contributed by atoms with Crippen LogP contribution in [0.2, 0.25) is 5.02 Å². The van der Waals surface area contributed by atoms with Crippen LogP contribution in [0, 0.1) is 6.92 Å². The van der Waals surface area contributed by atoms with Crippen molar-refractivity contribution in [3.8, 4) is 5.75 Å².